The van der Waals surface area contributed by atoms with E-state index in [2.05, 4.69) is 20.2 Å². The number of benzene rings is 1. The number of nitrogens with one attached hydrogen (secondary N) is 3. The zero-order chi connectivity index (χ0) is 16.4. The summed E-state index contributed by atoms with van der Waals surface area (Å²) in [5.74, 6) is -0.103. The normalized spacial score (nSPS) is 15.8. The lowest BCUT2D eigenvalue weighted by atomic mass is 10.2. The van der Waals surface area contributed by atoms with Crippen molar-refractivity contribution < 1.29 is 4.79 Å². The zero-order valence-electron chi connectivity index (χ0n) is 12.7. The molecule has 3 rings (SSSR count). The Balaban J connectivity index is 1.62. The Labute approximate surface area is 143 Å². The Morgan fingerprint density at radius 1 is 1.30 bits per heavy atom. The number of aromatic amines is 2. The molecule has 2 heterocycles. The van der Waals surface area contributed by atoms with Crippen molar-refractivity contribution in [1.29, 1.82) is 0 Å². The van der Waals surface area contributed by atoms with Crippen molar-refractivity contribution in [2.45, 2.75) is 25.0 Å². The predicted molar refractivity (Wildman–Crippen MR) is 98.0 cm³/mol. The number of fused-ring (bicyclic) bond motifs is 1. The van der Waals surface area contributed by atoms with E-state index < -0.39 is 0 Å². The number of thiocarbonyl (C=S) groups is 1. The summed E-state index contributed by atoms with van der Waals surface area (Å²) in [6, 6.07) is 5.26. The van der Waals surface area contributed by atoms with Crippen LogP contribution in [-0.2, 0) is 4.79 Å². The lowest BCUT2D eigenvalue weighted by Crippen LogP contribution is -2.29. The van der Waals surface area contributed by atoms with Gasteiger partial charge in [0.05, 0.1) is 16.3 Å². The third-order valence-electron chi connectivity index (χ3n) is 3.79. The van der Waals surface area contributed by atoms with E-state index in [1.165, 1.54) is 11.8 Å². The third kappa shape index (κ3) is 3.76. The zero-order valence-corrected chi connectivity index (χ0v) is 14.4. The maximum atomic E-state index is 12.3. The molecular formula is C15H18N4O2S2. The molecule has 3 N–H and O–H groups in total. The highest BCUT2D eigenvalue weighted by atomic mass is 32.2. The van der Waals surface area contributed by atoms with E-state index in [0.717, 1.165) is 30.3 Å². The molecule has 122 valence electrons. The maximum Gasteiger partial charge on any atom is 0.323 e. The van der Waals surface area contributed by atoms with Crippen molar-refractivity contribution in [3.63, 3.8) is 0 Å². The van der Waals surface area contributed by atoms with E-state index in [0.29, 0.717) is 16.7 Å². The van der Waals surface area contributed by atoms with Crippen molar-refractivity contribution in [2.24, 2.45) is 0 Å². The number of H-pyrrole nitrogens is 2. The van der Waals surface area contributed by atoms with Gasteiger partial charge in [0.25, 0.3) is 0 Å². The lowest BCUT2D eigenvalue weighted by Gasteiger charge is -2.20. The molecule has 0 spiro atoms. The number of amides is 1. The first-order valence-electron chi connectivity index (χ1n) is 7.51. The molecule has 1 fully saturated rings. The molecule has 1 atom stereocenters. The summed E-state index contributed by atoms with van der Waals surface area (Å²) in [4.78, 5) is 31.1. The van der Waals surface area contributed by atoms with Crippen LogP contribution in [0.4, 0.5) is 5.69 Å². The predicted octanol–water partition coefficient (Wildman–Crippen LogP) is 2.30. The Bertz CT molecular complexity index is 792. The summed E-state index contributed by atoms with van der Waals surface area (Å²) in [6.07, 6.45) is 2.33. The molecule has 2 aromatic rings. The smallest absolute Gasteiger partial charge is 0.323 e. The second-order valence-corrected chi connectivity index (χ2v) is 7.52. The van der Waals surface area contributed by atoms with Crippen LogP contribution >= 0.6 is 24.0 Å². The van der Waals surface area contributed by atoms with E-state index >= 15 is 0 Å². The molecule has 8 heteroatoms. The molecule has 1 amide bonds. The number of anilines is 1. The van der Waals surface area contributed by atoms with E-state index in [1.807, 2.05) is 6.92 Å². The molecule has 6 nitrogen and oxygen atoms in total. The number of thioether (sulfide) groups is 1. The van der Waals surface area contributed by atoms with Gasteiger partial charge in [-0.2, -0.15) is 0 Å². The van der Waals surface area contributed by atoms with Crippen LogP contribution in [0.15, 0.2) is 23.0 Å². The summed E-state index contributed by atoms with van der Waals surface area (Å²) >= 11 is 6.82. The number of carbonyl (C=O) groups is 1. The van der Waals surface area contributed by atoms with Gasteiger partial charge in [0, 0.05) is 18.8 Å². The van der Waals surface area contributed by atoms with Gasteiger partial charge >= 0.3 is 5.69 Å². The van der Waals surface area contributed by atoms with Crippen LogP contribution in [0.3, 0.4) is 0 Å². The SMILES string of the molecule is C[C@@H](SC(=S)N1CCCC1)C(=O)Nc1ccc2[nH]c(=O)[nH]c2c1. The molecule has 1 aliphatic rings. The number of likely N-dealkylation sites (tertiary alicyclic amines) is 1. The molecule has 1 saturated heterocycles. The first-order chi connectivity index (χ1) is 11.0. The minimum atomic E-state index is -0.274. The largest absolute Gasteiger partial charge is 0.358 e. The van der Waals surface area contributed by atoms with Gasteiger partial charge in [-0.3, -0.25) is 4.79 Å². The lowest BCUT2D eigenvalue weighted by molar-refractivity contribution is -0.115. The molecule has 0 saturated carbocycles. The number of aromatic nitrogens is 2. The number of nitrogens with zero attached hydrogens (tertiary/aromatic N) is 1. The summed E-state index contributed by atoms with van der Waals surface area (Å²) in [6.45, 7) is 3.81. The van der Waals surface area contributed by atoms with Crippen molar-refractivity contribution in [3.8, 4) is 0 Å². The highest BCUT2D eigenvalue weighted by molar-refractivity contribution is 8.23. The van der Waals surface area contributed by atoms with Crippen LogP contribution in [0.5, 0.6) is 0 Å². The molecule has 0 radical (unpaired) electrons. The van der Waals surface area contributed by atoms with E-state index in [9.17, 15) is 9.59 Å². The van der Waals surface area contributed by atoms with Gasteiger partial charge in [0.1, 0.15) is 4.32 Å². The average Bonchev–Trinajstić information content (AvgIpc) is 3.14. The minimum absolute atomic E-state index is 0.103. The van der Waals surface area contributed by atoms with Gasteiger partial charge in [-0.1, -0.05) is 24.0 Å². The van der Waals surface area contributed by atoms with Crippen LogP contribution in [-0.4, -0.2) is 43.4 Å². The summed E-state index contributed by atoms with van der Waals surface area (Å²) in [5, 5.41) is 2.59. The van der Waals surface area contributed by atoms with Crippen LogP contribution in [0, 0.1) is 0 Å². The second kappa shape index (κ2) is 6.76. The molecule has 0 unspecified atom stereocenters. The van der Waals surface area contributed by atoms with Gasteiger partial charge in [-0.25, -0.2) is 4.79 Å². The van der Waals surface area contributed by atoms with Crippen LogP contribution < -0.4 is 11.0 Å². The fraction of sp³-hybridized carbons (Fsp3) is 0.400. The van der Waals surface area contributed by atoms with Gasteiger partial charge in [-0.05, 0) is 38.0 Å². The van der Waals surface area contributed by atoms with E-state index in [1.54, 1.807) is 18.2 Å². The number of hydrogen-bond donors (Lipinski definition) is 3. The molecule has 1 aliphatic heterocycles. The van der Waals surface area contributed by atoms with Gasteiger partial charge in [0.2, 0.25) is 5.91 Å². The number of carbonyl (C=O) groups excluding carboxylic acids is 1. The standard InChI is InChI=1S/C15H18N4O2S2/c1-9(23-15(22)19-6-2-3-7-19)13(20)16-10-4-5-11-12(8-10)18-14(21)17-11/h4-5,8-9H,2-3,6-7H2,1H3,(H,16,20)(H2,17,18,21)/t9-/m1/s1. The Kier molecular flexibility index (Phi) is 4.72. The molecule has 0 aliphatic carbocycles. The van der Waals surface area contributed by atoms with E-state index in [4.69, 9.17) is 12.2 Å². The van der Waals surface area contributed by atoms with Gasteiger partial charge in [0.15, 0.2) is 0 Å². The first kappa shape index (κ1) is 16.1. The number of rotatable bonds is 3. The minimum Gasteiger partial charge on any atom is -0.358 e. The maximum absolute atomic E-state index is 12.3. The monoisotopic (exact) mass is 350 g/mol. The fourth-order valence-electron chi connectivity index (χ4n) is 2.53. The number of hydrogen-bond acceptors (Lipinski definition) is 4. The summed E-state index contributed by atoms with van der Waals surface area (Å²) < 4.78 is 0.788. The average molecular weight is 350 g/mol. The molecule has 1 aromatic heterocycles. The van der Waals surface area contributed by atoms with E-state index in [-0.39, 0.29) is 16.8 Å². The number of imidazole rings is 1. The highest BCUT2D eigenvalue weighted by Crippen LogP contribution is 2.22. The Hall–Kier alpha value is -1.80. The molecule has 23 heavy (non-hydrogen) atoms. The van der Waals surface area contributed by atoms with Gasteiger partial charge < -0.3 is 20.2 Å². The quantitative estimate of drug-likeness (QED) is 0.740. The van der Waals surface area contributed by atoms with Gasteiger partial charge in [-0.15, -0.1) is 0 Å². The van der Waals surface area contributed by atoms with Crippen molar-refractivity contribution in [2.75, 3.05) is 18.4 Å². The second-order valence-electron chi connectivity index (χ2n) is 5.55. The Morgan fingerprint density at radius 2 is 2.00 bits per heavy atom. The molecular weight excluding hydrogens is 332 g/mol. The van der Waals surface area contributed by atoms with Crippen LogP contribution in [0.1, 0.15) is 19.8 Å². The summed E-state index contributed by atoms with van der Waals surface area (Å²) in [7, 11) is 0. The molecule has 1 aromatic carbocycles. The highest BCUT2D eigenvalue weighted by Gasteiger charge is 2.21. The first-order valence-corrected chi connectivity index (χ1v) is 8.80. The van der Waals surface area contributed by atoms with Crippen LogP contribution in [0.2, 0.25) is 0 Å². The molecule has 0 bridgehead atoms. The topological polar surface area (TPSA) is 81.0 Å². The summed E-state index contributed by atoms with van der Waals surface area (Å²) in [5.41, 5.74) is 1.77. The fourth-order valence-corrected chi connectivity index (χ4v) is 3.95. The van der Waals surface area contributed by atoms with Crippen molar-refractivity contribution in [3.05, 3.63) is 28.7 Å². The van der Waals surface area contributed by atoms with Crippen LogP contribution in [0.25, 0.3) is 11.0 Å². The van der Waals surface area contributed by atoms with Crippen molar-refractivity contribution in [1.82, 2.24) is 14.9 Å². The third-order valence-corrected chi connectivity index (χ3v) is 5.37. The Morgan fingerprint density at radius 3 is 2.74 bits per heavy atom. The van der Waals surface area contributed by atoms with Crippen molar-refractivity contribution >= 4 is 50.9 Å².